The van der Waals surface area contributed by atoms with Crippen molar-refractivity contribution >= 4 is 56.5 Å². The van der Waals surface area contributed by atoms with Crippen LogP contribution in [0.4, 0.5) is 38.4 Å². The van der Waals surface area contributed by atoms with E-state index in [-0.39, 0.29) is 31.2 Å². The van der Waals surface area contributed by atoms with Gasteiger partial charge in [0.25, 0.3) is 0 Å². The van der Waals surface area contributed by atoms with Crippen molar-refractivity contribution in [2.45, 2.75) is 24.8 Å². The van der Waals surface area contributed by atoms with Gasteiger partial charge >= 0.3 is 12.1 Å². The Balaban J connectivity index is 1.49. The van der Waals surface area contributed by atoms with Gasteiger partial charge < -0.3 is 31.1 Å². The summed E-state index contributed by atoms with van der Waals surface area (Å²) in [5, 5.41) is 21.5. The number of aromatic nitrogens is 2. The maximum atomic E-state index is 12.8. The predicted molar refractivity (Wildman–Crippen MR) is 170 cm³/mol. The monoisotopic (exact) mass is 603 g/mol. The zero-order valence-corrected chi connectivity index (χ0v) is 24.5. The molecule has 0 radical (unpaired) electrons. The first kappa shape index (κ1) is 30.8. The van der Waals surface area contributed by atoms with Gasteiger partial charge in [0.2, 0.25) is 5.95 Å². The highest BCUT2D eigenvalue weighted by atomic mass is 32.2. The Morgan fingerprint density at radius 3 is 2.21 bits per heavy atom. The number of carbonyl (C=O) groups is 2. The number of benzene rings is 3. The molecule has 0 saturated carbocycles. The van der Waals surface area contributed by atoms with Crippen molar-refractivity contribution in [1.82, 2.24) is 14.7 Å². The topological polar surface area (TPSA) is 167 Å². The largest absolute Gasteiger partial charge is 0.449 e. The molecular weight excluding hydrogens is 570 g/mol. The Morgan fingerprint density at radius 1 is 0.953 bits per heavy atom. The zero-order chi connectivity index (χ0) is 30.8. The molecule has 0 aliphatic heterocycles. The SMILES string of the molecule is C=S(=O)(NC(=O)OCC)c1ccc(Nc2ncc(-c3ccc(NC(=O)Nc4ccccc4)cc3)c(N[C@H](C)CO)n2)cc1. The quantitative estimate of drug-likeness (QED) is 0.128. The second-order valence-corrected chi connectivity index (χ2v) is 11.4. The smallest absolute Gasteiger partial charge is 0.418 e. The van der Waals surface area contributed by atoms with E-state index >= 15 is 0 Å². The first-order valence-electron chi connectivity index (χ1n) is 13.3. The van der Waals surface area contributed by atoms with E-state index in [1.165, 1.54) is 0 Å². The molecule has 4 aromatic rings. The van der Waals surface area contributed by atoms with Crippen LogP contribution in [0.5, 0.6) is 0 Å². The molecule has 224 valence electrons. The molecule has 0 aliphatic carbocycles. The number of hydrogen-bond acceptors (Lipinski definition) is 9. The number of nitrogens with one attached hydrogen (secondary N) is 5. The highest BCUT2D eigenvalue weighted by Crippen LogP contribution is 2.29. The van der Waals surface area contributed by atoms with Gasteiger partial charge in [-0.1, -0.05) is 30.3 Å². The lowest BCUT2D eigenvalue weighted by atomic mass is 10.1. The van der Waals surface area contributed by atoms with Gasteiger partial charge in [0.1, 0.15) is 5.82 Å². The normalized spacial score (nSPS) is 12.7. The molecule has 0 fully saturated rings. The molecule has 1 heterocycles. The van der Waals surface area contributed by atoms with Crippen LogP contribution in [-0.2, 0) is 14.4 Å². The summed E-state index contributed by atoms with van der Waals surface area (Å²) in [5.41, 5.74) is 3.36. The van der Waals surface area contributed by atoms with Crippen LogP contribution in [0.15, 0.2) is 90.0 Å². The van der Waals surface area contributed by atoms with Crippen molar-refractivity contribution in [3.05, 3.63) is 85.1 Å². The average molecular weight is 604 g/mol. The molecule has 13 heteroatoms. The Bertz CT molecular complexity index is 1650. The van der Waals surface area contributed by atoms with Crippen molar-refractivity contribution in [3.63, 3.8) is 0 Å². The van der Waals surface area contributed by atoms with Gasteiger partial charge in [0.05, 0.1) is 22.9 Å². The molecule has 0 aliphatic rings. The molecular formula is C30H33N7O5S. The van der Waals surface area contributed by atoms with Gasteiger partial charge in [0, 0.05) is 39.8 Å². The van der Waals surface area contributed by atoms with E-state index < -0.39 is 15.8 Å². The average Bonchev–Trinajstić information content (AvgIpc) is 2.98. The molecule has 43 heavy (non-hydrogen) atoms. The molecule has 12 nitrogen and oxygen atoms in total. The van der Waals surface area contributed by atoms with Crippen molar-refractivity contribution in [2.75, 3.05) is 34.5 Å². The van der Waals surface area contributed by atoms with Crippen LogP contribution < -0.4 is 26.0 Å². The van der Waals surface area contributed by atoms with E-state index in [0.29, 0.717) is 33.3 Å². The summed E-state index contributed by atoms with van der Waals surface area (Å²) in [6, 6.07) is 22.1. The molecule has 3 amide bonds. The molecule has 0 bridgehead atoms. The molecule has 0 saturated heterocycles. The lowest BCUT2D eigenvalue weighted by molar-refractivity contribution is 0.159. The minimum absolute atomic E-state index is 0.114. The molecule has 4 rings (SSSR count). The van der Waals surface area contributed by atoms with E-state index in [1.807, 2.05) is 37.3 Å². The third-order valence-corrected chi connectivity index (χ3v) is 7.48. The number of amides is 3. The maximum absolute atomic E-state index is 12.8. The second kappa shape index (κ2) is 14.2. The zero-order valence-electron chi connectivity index (χ0n) is 23.7. The van der Waals surface area contributed by atoms with Crippen LogP contribution in [0.1, 0.15) is 13.8 Å². The summed E-state index contributed by atoms with van der Waals surface area (Å²) in [6.07, 6.45) is 0.835. The Hall–Kier alpha value is -5.14. The molecule has 2 atom stereocenters. The van der Waals surface area contributed by atoms with Gasteiger partial charge in [-0.25, -0.2) is 23.5 Å². The van der Waals surface area contributed by atoms with Crippen LogP contribution in [0.25, 0.3) is 11.1 Å². The molecule has 1 unspecified atom stereocenters. The number of anilines is 5. The lowest BCUT2D eigenvalue weighted by Crippen LogP contribution is -2.30. The fourth-order valence-electron chi connectivity index (χ4n) is 3.83. The number of aliphatic hydroxyl groups is 1. The number of nitrogens with zero attached hydrogens (tertiary/aromatic N) is 2. The lowest BCUT2D eigenvalue weighted by Gasteiger charge is -2.17. The van der Waals surface area contributed by atoms with Crippen molar-refractivity contribution in [2.24, 2.45) is 0 Å². The molecule has 6 N–H and O–H groups in total. The number of urea groups is 1. The summed E-state index contributed by atoms with van der Waals surface area (Å²) in [6.45, 7) is 3.50. The van der Waals surface area contributed by atoms with E-state index in [2.05, 4.69) is 41.8 Å². The van der Waals surface area contributed by atoms with Crippen molar-refractivity contribution in [1.29, 1.82) is 0 Å². The Labute approximate surface area is 250 Å². The van der Waals surface area contributed by atoms with E-state index in [9.17, 15) is 18.9 Å². The maximum Gasteiger partial charge on any atom is 0.418 e. The molecule has 0 spiro atoms. The van der Waals surface area contributed by atoms with Crippen molar-refractivity contribution in [3.8, 4) is 11.1 Å². The highest BCUT2D eigenvalue weighted by molar-refractivity contribution is 7.99. The first-order chi connectivity index (χ1) is 20.7. The van der Waals surface area contributed by atoms with Gasteiger partial charge in [-0.05, 0) is 73.8 Å². The van der Waals surface area contributed by atoms with Crippen LogP contribution in [0, 0.1) is 0 Å². The first-order valence-corrected chi connectivity index (χ1v) is 15.1. The number of carbonyl (C=O) groups excluding carboxylic acids is 2. The van der Waals surface area contributed by atoms with Crippen LogP contribution in [-0.4, -0.2) is 56.5 Å². The summed E-state index contributed by atoms with van der Waals surface area (Å²) < 4.78 is 19.9. The number of para-hydroxylation sites is 1. The summed E-state index contributed by atoms with van der Waals surface area (Å²) >= 11 is 0. The van der Waals surface area contributed by atoms with Crippen LogP contribution in [0.3, 0.4) is 0 Å². The van der Waals surface area contributed by atoms with Gasteiger partial charge in [0.15, 0.2) is 0 Å². The van der Waals surface area contributed by atoms with Crippen LogP contribution in [0.2, 0.25) is 0 Å². The van der Waals surface area contributed by atoms with E-state index in [4.69, 9.17) is 4.74 Å². The van der Waals surface area contributed by atoms with E-state index in [0.717, 1.165) is 5.56 Å². The number of aliphatic hydroxyl groups excluding tert-OH is 1. The standard InChI is InChI=1S/C30H33N7O5S/c1-4-42-30(40)37-43(3,41)25-16-14-23(15-17-25)33-28-31-18-26(27(36-28)32-20(2)19-38)21-10-12-24(13-11-21)35-29(39)34-22-8-6-5-7-9-22/h5-18,20,38H,3-4,19H2,1-2H3,(H2,34,35,39)(H,37,40,41)(H2,31,32,33,36)/t20-,43?/m1/s1. The third-order valence-electron chi connectivity index (χ3n) is 5.95. The molecule has 1 aromatic heterocycles. The number of rotatable bonds is 11. The summed E-state index contributed by atoms with van der Waals surface area (Å²) in [5.74, 6) is 4.38. The minimum Gasteiger partial charge on any atom is -0.449 e. The fourth-order valence-corrected chi connectivity index (χ4v) is 4.85. The summed E-state index contributed by atoms with van der Waals surface area (Å²) in [4.78, 5) is 33.4. The Kier molecular flexibility index (Phi) is 10.1. The van der Waals surface area contributed by atoms with E-state index in [1.54, 1.807) is 61.7 Å². The fraction of sp³-hybridized carbons (Fsp3) is 0.167. The predicted octanol–water partition coefficient (Wildman–Crippen LogP) is 5.06. The van der Waals surface area contributed by atoms with Gasteiger partial charge in [-0.15, -0.1) is 0 Å². The second-order valence-electron chi connectivity index (χ2n) is 9.35. The van der Waals surface area contributed by atoms with Gasteiger partial charge in [-0.3, -0.25) is 0 Å². The third kappa shape index (κ3) is 8.67. The van der Waals surface area contributed by atoms with Gasteiger partial charge in [-0.2, -0.15) is 4.98 Å². The van der Waals surface area contributed by atoms with Crippen molar-refractivity contribution < 1.29 is 23.6 Å². The number of ether oxygens (including phenoxy) is 1. The Morgan fingerprint density at radius 2 is 1.58 bits per heavy atom. The minimum atomic E-state index is -3.10. The molecule has 3 aromatic carbocycles. The highest BCUT2D eigenvalue weighted by Gasteiger charge is 2.15. The summed E-state index contributed by atoms with van der Waals surface area (Å²) in [7, 11) is -3.10. The van der Waals surface area contributed by atoms with Crippen LogP contribution >= 0.6 is 0 Å². The number of hydrogen-bond donors (Lipinski definition) is 6.